The highest BCUT2D eigenvalue weighted by Gasteiger charge is 2.38. The molecule has 21 heteroatoms. The van der Waals surface area contributed by atoms with Crippen LogP contribution in [0.15, 0.2) is 72.9 Å². The Morgan fingerprint density at radius 3 is 2.15 bits per heavy atom. The van der Waals surface area contributed by atoms with Gasteiger partial charge in [0.05, 0.1) is 24.3 Å². The van der Waals surface area contributed by atoms with Crippen molar-refractivity contribution in [3.05, 3.63) is 95.8 Å². The number of aromatic nitrogens is 1. The van der Waals surface area contributed by atoms with E-state index in [1.54, 1.807) is 31.0 Å². The molecule has 7 N–H and O–H groups in total. The number of hydrogen-bond donors (Lipinski definition) is 7. The van der Waals surface area contributed by atoms with Crippen molar-refractivity contribution in [3.63, 3.8) is 0 Å². The molecule has 2 heterocycles. The van der Waals surface area contributed by atoms with Crippen molar-refractivity contribution in [2.45, 2.75) is 123 Å². The van der Waals surface area contributed by atoms with E-state index in [2.05, 4.69) is 21.3 Å². The Kier molecular flexibility index (Phi) is 22.8. The van der Waals surface area contributed by atoms with Crippen LogP contribution in [0.2, 0.25) is 0 Å². The highest BCUT2D eigenvalue weighted by molar-refractivity contribution is 8.00. The second-order valence-electron chi connectivity index (χ2n) is 19.4. The summed E-state index contributed by atoms with van der Waals surface area (Å²) in [6.45, 7) is 11.5. The molecule has 1 aliphatic rings. The molecule has 73 heavy (non-hydrogen) atoms. The molecule has 1 aliphatic heterocycles. The van der Waals surface area contributed by atoms with Crippen LogP contribution in [0.25, 0.3) is 11.1 Å². The third-order valence-electron chi connectivity index (χ3n) is 12.0. The molecule has 2 aromatic carbocycles. The van der Waals surface area contributed by atoms with E-state index in [0.29, 0.717) is 36.9 Å². The highest BCUT2D eigenvalue weighted by atomic mass is 32.2. The van der Waals surface area contributed by atoms with Crippen molar-refractivity contribution in [3.8, 4) is 11.1 Å². The number of hydrogen-bond acceptors (Lipinski definition) is 11. The summed E-state index contributed by atoms with van der Waals surface area (Å²) in [5.74, 6) is -7.66. The number of aliphatic hydroxyl groups excluding tert-OH is 1. The van der Waals surface area contributed by atoms with Crippen LogP contribution in [0.4, 0.5) is 8.78 Å². The molecule has 1 unspecified atom stereocenters. The minimum atomic E-state index is -1.44. The number of nitrogens with zero attached hydrogens (tertiary/aromatic N) is 3. The summed E-state index contributed by atoms with van der Waals surface area (Å²) < 4.78 is 31.9. The number of thioether (sulfide) groups is 1. The molecule has 3 aromatic rings. The third kappa shape index (κ3) is 18.5. The van der Waals surface area contributed by atoms with Crippen LogP contribution < -0.4 is 21.3 Å². The van der Waals surface area contributed by atoms with Crippen molar-refractivity contribution in [1.82, 2.24) is 35.6 Å². The summed E-state index contributed by atoms with van der Waals surface area (Å²) in [4.78, 5) is 103. The molecular weight excluding hydrogens is 969 g/mol. The van der Waals surface area contributed by atoms with Crippen LogP contribution in [0.5, 0.6) is 0 Å². The molecule has 0 aliphatic carbocycles. The van der Waals surface area contributed by atoms with Gasteiger partial charge in [-0.1, -0.05) is 71.4 Å². The second-order valence-corrected chi connectivity index (χ2v) is 20.4. The maximum Gasteiger partial charge on any atom is 0.327 e. The normalized spacial score (nSPS) is 14.6. The van der Waals surface area contributed by atoms with E-state index < -0.39 is 95.9 Å². The zero-order valence-corrected chi connectivity index (χ0v) is 43.0. The number of benzene rings is 2. The van der Waals surface area contributed by atoms with Gasteiger partial charge in [0.25, 0.3) is 11.8 Å². The second kappa shape index (κ2) is 28.1. The Bertz CT molecular complexity index is 2430. The largest absolute Gasteiger partial charge is 0.481 e. The number of rotatable bonds is 30. The fourth-order valence-electron chi connectivity index (χ4n) is 8.30. The van der Waals surface area contributed by atoms with Crippen molar-refractivity contribution in [1.29, 1.82) is 0 Å². The first kappa shape index (κ1) is 59.1. The Morgan fingerprint density at radius 1 is 0.836 bits per heavy atom. The Hall–Kier alpha value is -6.45. The zero-order chi connectivity index (χ0) is 54.0. The van der Waals surface area contributed by atoms with Gasteiger partial charge in [0, 0.05) is 73.5 Å². The molecule has 398 valence electrons. The van der Waals surface area contributed by atoms with Crippen LogP contribution in [-0.4, -0.2) is 133 Å². The lowest BCUT2D eigenvalue weighted by Gasteiger charge is -2.41. The number of aliphatic carboxylic acids is 2. The minimum Gasteiger partial charge on any atom is -0.481 e. The number of halogens is 2. The molecule has 0 radical (unpaired) electrons. The van der Waals surface area contributed by atoms with Crippen molar-refractivity contribution >= 4 is 59.1 Å². The van der Waals surface area contributed by atoms with E-state index in [0.717, 1.165) is 40.4 Å². The Morgan fingerprint density at radius 2 is 1.52 bits per heavy atom. The molecule has 18 nitrogen and oxygen atoms in total. The average molecular weight is 1040 g/mol. The lowest BCUT2D eigenvalue weighted by Crippen LogP contribution is -2.55. The summed E-state index contributed by atoms with van der Waals surface area (Å²) in [6.07, 6.45) is 4.39. The number of carboxylic acid groups (broad SMARTS) is 2. The quantitative estimate of drug-likeness (QED) is 0.0264. The van der Waals surface area contributed by atoms with Crippen LogP contribution in [0.1, 0.15) is 104 Å². The van der Waals surface area contributed by atoms with Crippen molar-refractivity contribution < 1.29 is 62.5 Å². The monoisotopic (exact) mass is 1040 g/mol. The van der Waals surface area contributed by atoms with E-state index in [1.165, 1.54) is 19.1 Å². The van der Waals surface area contributed by atoms with Gasteiger partial charge in [0.2, 0.25) is 23.6 Å². The van der Waals surface area contributed by atoms with Gasteiger partial charge in [-0.3, -0.25) is 43.8 Å². The first-order chi connectivity index (χ1) is 34.5. The van der Waals surface area contributed by atoms with E-state index in [4.69, 9.17) is 5.11 Å². The number of imide groups is 1. The van der Waals surface area contributed by atoms with Crippen LogP contribution >= 0.6 is 11.8 Å². The summed E-state index contributed by atoms with van der Waals surface area (Å²) >= 11 is 0.944. The number of carboxylic acids is 2. The fourth-order valence-corrected chi connectivity index (χ4v) is 9.22. The van der Waals surface area contributed by atoms with E-state index in [-0.39, 0.29) is 67.4 Å². The van der Waals surface area contributed by atoms with E-state index >= 15 is 4.39 Å². The average Bonchev–Trinajstić information content (AvgIpc) is 3.88. The fraction of sp³-hybridized carbons (Fsp3) is 0.500. The van der Waals surface area contributed by atoms with Crippen LogP contribution in [0.3, 0.4) is 0 Å². The van der Waals surface area contributed by atoms with Gasteiger partial charge in [-0.2, -0.15) is 0 Å². The number of carbonyl (C=O) groups is 8. The number of aliphatic hydroxyl groups is 1. The van der Waals surface area contributed by atoms with Crippen molar-refractivity contribution in [2.24, 2.45) is 11.3 Å². The molecule has 0 spiro atoms. The van der Waals surface area contributed by atoms with Crippen molar-refractivity contribution in [2.75, 3.05) is 31.1 Å². The van der Waals surface area contributed by atoms with Gasteiger partial charge in [-0.05, 0) is 73.8 Å². The summed E-state index contributed by atoms with van der Waals surface area (Å²) in [6, 6.07) is 10.2. The molecule has 4 rings (SSSR count). The summed E-state index contributed by atoms with van der Waals surface area (Å²) in [7, 11) is 0. The topological polar surface area (TPSA) is 257 Å². The molecule has 0 saturated heterocycles. The number of nitrogens with one attached hydrogen (secondary N) is 4. The molecule has 0 fully saturated rings. The van der Waals surface area contributed by atoms with Crippen LogP contribution in [0, 0.1) is 23.0 Å². The SMILES string of the molecule is CC(C)[C@H](NC(O)CCCCCN1C(=O)C=CC1=O)C(=O)N[C@@H](C)C(=O)NCCCN(C(=O)CSC[C@H](NC(=O)CCC(=O)O)C(=O)O)[C@@H](c1cc(-c2cc(F)ccc2F)cn1Cc1ccccc1)C(C)(C)C. The van der Waals surface area contributed by atoms with Gasteiger partial charge < -0.3 is 40.7 Å². The van der Waals surface area contributed by atoms with Gasteiger partial charge in [-0.25, -0.2) is 13.6 Å². The van der Waals surface area contributed by atoms with Crippen LogP contribution in [-0.2, 0) is 44.9 Å². The Balaban J connectivity index is 1.50. The summed E-state index contributed by atoms with van der Waals surface area (Å²) in [5, 5.41) is 40.3. The van der Waals surface area contributed by atoms with E-state index in [9.17, 15) is 53.0 Å². The van der Waals surface area contributed by atoms with Gasteiger partial charge in [-0.15, -0.1) is 11.8 Å². The molecule has 0 bridgehead atoms. The zero-order valence-electron chi connectivity index (χ0n) is 42.2. The predicted molar refractivity (Wildman–Crippen MR) is 270 cm³/mol. The lowest BCUT2D eigenvalue weighted by atomic mass is 9.83. The van der Waals surface area contributed by atoms with Gasteiger partial charge >= 0.3 is 11.9 Å². The molecule has 1 aromatic heterocycles. The number of carbonyl (C=O) groups excluding carboxylic acids is 6. The Labute approximate surface area is 428 Å². The van der Waals surface area contributed by atoms with E-state index in [1.807, 2.05) is 55.7 Å². The first-order valence-corrected chi connectivity index (χ1v) is 25.5. The van der Waals surface area contributed by atoms with Gasteiger partial charge in [0.15, 0.2) is 0 Å². The number of amides is 6. The van der Waals surface area contributed by atoms with Gasteiger partial charge in [0.1, 0.15) is 29.9 Å². The standard InChI is InChI=1S/C52H69F2N7O11S/c1-32(2)47(58-41(62)16-11-8-12-24-60-43(64)20-21-44(60)65)50(70)56-33(3)49(69)55-23-13-25-61(45(66)31-73-30-39(51(71)72)57-42(63)19-22-46(67)68)48(52(4,5)6)40-26-35(37-27-36(53)17-18-38(37)54)29-59(40)28-34-14-9-7-10-15-34/h7,9-10,14-15,17-18,20-21,26-27,29,32-33,39,41,47-48,58,62H,8,11-13,16,19,22-25,28,30-31H2,1-6H3,(H,55,69)(H,56,70)(H,57,63)(H,67,68)(H,71,72)/t33-,39-,41?,47-,48-/m0/s1. The third-order valence-corrected chi connectivity index (χ3v) is 13.0. The summed E-state index contributed by atoms with van der Waals surface area (Å²) in [5.41, 5.74) is 1.08. The number of unbranched alkanes of at least 4 members (excludes halogenated alkanes) is 2. The minimum absolute atomic E-state index is 0.00712. The molecule has 0 saturated carbocycles. The first-order valence-electron chi connectivity index (χ1n) is 24.3. The smallest absolute Gasteiger partial charge is 0.327 e. The maximum atomic E-state index is 15.4. The lowest BCUT2D eigenvalue weighted by molar-refractivity contribution is -0.142. The molecule has 6 amide bonds. The molecule has 5 atom stereocenters. The predicted octanol–water partition coefficient (Wildman–Crippen LogP) is 4.99. The maximum absolute atomic E-state index is 15.4. The molecular formula is C52H69F2N7O11S. The highest BCUT2D eigenvalue weighted by Crippen LogP contribution is 2.41.